The molecule has 1 fully saturated rings. The van der Waals surface area contributed by atoms with Gasteiger partial charge < -0.3 is 19.3 Å². The first-order valence-corrected chi connectivity index (χ1v) is 13.6. The first kappa shape index (κ1) is 30.9. The highest BCUT2D eigenvalue weighted by Gasteiger charge is 2.29. The average molecular weight is 513 g/mol. The lowest BCUT2D eigenvalue weighted by Crippen LogP contribution is -2.28. The highest BCUT2D eigenvalue weighted by Crippen LogP contribution is 2.41. The van der Waals surface area contributed by atoms with Crippen LogP contribution in [0.4, 0.5) is 0 Å². The Morgan fingerprint density at radius 2 is 1.84 bits per heavy atom. The molecule has 1 saturated carbocycles. The van der Waals surface area contributed by atoms with Crippen molar-refractivity contribution in [1.82, 2.24) is 0 Å². The van der Waals surface area contributed by atoms with Gasteiger partial charge in [0.05, 0.1) is 19.3 Å². The molecule has 0 aromatic heterocycles. The highest BCUT2D eigenvalue weighted by molar-refractivity contribution is 5.71. The standard InChI is InChI=1S/C32H48O5/c1-30(2,3)37-29(34)25-35-24-19-26-15-10-12-21-32(26,6)22-13-11-18-28(33)31(4,5)20-14-23-36-27-16-8-7-9-17-27/h7-9,11,13,16-19,22,28,33H,10,12,14-15,20-21,23-25H2,1-6H3/b18-11+,22-13+,26-19+. The van der Waals surface area contributed by atoms with E-state index < -0.39 is 11.7 Å². The predicted octanol–water partition coefficient (Wildman–Crippen LogP) is 7.21. The minimum absolute atomic E-state index is 0.0393. The number of allylic oxidation sites excluding steroid dienone is 4. The van der Waals surface area contributed by atoms with E-state index in [0.29, 0.717) is 13.2 Å². The highest BCUT2D eigenvalue weighted by atomic mass is 16.6. The summed E-state index contributed by atoms with van der Waals surface area (Å²) in [6.07, 6.45) is 15.9. The number of esters is 1. The van der Waals surface area contributed by atoms with Crippen LogP contribution in [0.1, 0.15) is 80.1 Å². The molecular weight excluding hydrogens is 464 g/mol. The van der Waals surface area contributed by atoms with Crippen molar-refractivity contribution >= 4 is 5.97 Å². The summed E-state index contributed by atoms with van der Waals surface area (Å²) < 4.78 is 16.6. The Kier molecular flexibility index (Phi) is 12.1. The molecule has 0 amide bonds. The third kappa shape index (κ3) is 11.7. The van der Waals surface area contributed by atoms with E-state index in [-0.39, 0.29) is 23.4 Å². The smallest absolute Gasteiger partial charge is 0.332 e. The quantitative estimate of drug-likeness (QED) is 0.131. The molecule has 0 radical (unpaired) electrons. The van der Waals surface area contributed by atoms with Crippen molar-refractivity contribution in [3.05, 3.63) is 66.3 Å². The van der Waals surface area contributed by atoms with Gasteiger partial charge in [0.15, 0.2) is 0 Å². The molecule has 0 heterocycles. The summed E-state index contributed by atoms with van der Waals surface area (Å²) in [7, 11) is 0. The summed E-state index contributed by atoms with van der Waals surface area (Å²) in [6, 6.07) is 9.82. The van der Waals surface area contributed by atoms with Crippen LogP contribution in [0.5, 0.6) is 5.75 Å². The second-order valence-corrected chi connectivity index (χ2v) is 11.9. The van der Waals surface area contributed by atoms with Gasteiger partial charge in [0, 0.05) is 5.41 Å². The van der Waals surface area contributed by atoms with E-state index in [9.17, 15) is 9.90 Å². The second kappa shape index (κ2) is 14.5. The zero-order chi connectivity index (χ0) is 27.4. The van der Waals surface area contributed by atoms with Crippen LogP contribution in [0.3, 0.4) is 0 Å². The molecular formula is C32H48O5. The first-order valence-electron chi connectivity index (χ1n) is 13.6. The van der Waals surface area contributed by atoms with E-state index in [4.69, 9.17) is 14.2 Å². The normalized spacial score (nSPS) is 21.0. The summed E-state index contributed by atoms with van der Waals surface area (Å²) in [4.78, 5) is 11.9. The van der Waals surface area contributed by atoms with Gasteiger partial charge in [-0.1, -0.05) is 81.3 Å². The van der Waals surface area contributed by atoms with Crippen LogP contribution in [-0.4, -0.2) is 42.6 Å². The zero-order valence-corrected chi connectivity index (χ0v) is 23.8. The van der Waals surface area contributed by atoms with Gasteiger partial charge in [-0.05, 0) is 70.4 Å². The van der Waals surface area contributed by atoms with Gasteiger partial charge in [0.1, 0.15) is 18.0 Å². The van der Waals surface area contributed by atoms with Crippen molar-refractivity contribution in [2.24, 2.45) is 10.8 Å². The summed E-state index contributed by atoms with van der Waals surface area (Å²) in [5.41, 5.74) is 0.550. The maximum Gasteiger partial charge on any atom is 0.332 e. The fourth-order valence-electron chi connectivity index (χ4n) is 4.53. The van der Waals surface area contributed by atoms with Gasteiger partial charge in [-0.15, -0.1) is 0 Å². The topological polar surface area (TPSA) is 65.0 Å². The van der Waals surface area contributed by atoms with E-state index in [1.807, 2.05) is 63.3 Å². The molecule has 1 N–H and O–H groups in total. The molecule has 37 heavy (non-hydrogen) atoms. The van der Waals surface area contributed by atoms with Crippen molar-refractivity contribution < 1.29 is 24.1 Å². The van der Waals surface area contributed by atoms with Crippen molar-refractivity contribution in [1.29, 1.82) is 0 Å². The van der Waals surface area contributed by atoms with E-state index in [0.717, 1.165) is 37.9 Å². The van der Waals surface area contributed by atoms with Gasteiger partial charge in [-0.3, -0.25) is 0 Å². The number of hydrogen-bond acceptors (Lipinski definition) is 5. The minimum atomic E-state index is -0.538. The zero-order valence-electron chi connectivity index (χ0n) is 23.8. The van der Waals surface area contributed by atoms with Gasteiger partial charge in [0.2, 0.25) is 0 Å². The summed E-state index contributed by atoms with van der Waals surface area (Å²) in [6.45, 7) is 13.0. The number of rotatable bonds is 13. The van der Waals surface area contributed by atoms with Crippen LogP contribution in [0.2, 0.25) is 0 Å². The lowest BCUT2D eigenvalue weighted by molar-refractivity contribution is -0.159. The van der Waals surface area contributed by atoms with Crippen LogP contribution in [-0.2, 0) is 14.3 Å². The van der Waals surface area contributed by atoms with E-state index in [1.165, 1.54) is 12.0 Å². The van der Waals surface area contributed by atoms with Gasteiger partial charge in [-0.2, -0.15) is 0 Å². The monoisotopic (exact) mass is 512 g/mol. The number of aliphatic hydroxyl groups is 1. The molecule has 206 valence electrons. The van der Waals surface area contributed by atoms with E-state index in [1.54, 1.807) is 0 Å². The van der Waals surface area contributed by atoms with Crippen molar-refractivity contribution in [2.75, 3.05) is 19.8 Å². The van der Waals surface area contributed by atoms with Crippen LogP contribution >= 0.6 is 0 Å². The van der Waals surface area contributed by atoms with Crippen molar-refractivity contribution in [3.8, 4) is 5.75 Å². The molecule has 0 bridgehead atoms. The maximum atomic E-state index is 11.9. The fourth-order valence-corrected chi connectivity index (χ4v) is 4.53. The van der Waals surface area contributed by atoms with Crippen LogP contribution < -0.4 is 4.74 Å². The molecule has 1 aromatic rings. The number of ether oxygens (including phenoxy) is 3. The Labute approximate surface area is 224 Å². The molecule has 2 atom stereocenters. The minimum Gasteiger partial charge on any atom is -0.494 e. The molecule has 1 aromatic carbocycles. The third-order valence-electron chi connectivity index (χ3n) is 6.86. The van der Waals surface area contributed by atoms with Crippen LogP contribution in [0, 0.1) is 10.8 Å². The van der Waals surface area contributed by atoms with E-state index in [2.05, 4.69) is 39.0 Å². The van der Waals surface area contributed by atoms with Crippen molar-refractivity contribution in [3.63, 3.8) is 0 Å². The predicted molar refractivity (Wildman–Crippen MR) is 151 cm³/mol. The average Bonchev–Trinajstić information content (AvgIpc) is 2.83. The number of carbonyl (C=O) groups excluding carboxylic acids is 1. The molecule has 2 unspecified atom stereocenters. The summed E-state index contributed by atoms with van der Waals surface area (Å²) in [5.74, 6) is 0.539. The summed E-state index contributed by atoms with van der Waals surface area (Å²) >= 11 is 0. The Morgan fingerprint density at radius 1 is 1.11 bits per heavy atom. The van der Waals surface area contributed by atoms with Crippen molar-refractivity contribution in [2.45, 2.75) is 91.8 Å². The van der Waals surface area contributed by atoms with Gasteiger partial charge >= 0.3 is 5.97 Å². The second-order valence-electron chi connectivity index (χ2n) is 11.9. The Bertz CT molecular complexity index is 907. The molecule has 1 aliphatic carbocycles. The molecule has 0 aliphatic heterocycles. The number of carbonyl (C=O) groups is 1. The van der Waals surface area contributed by atoms with Gasteiger partial charge in [-0.25, -0.2) is 4.79 Å². The Balaban J connectivity index is 1.83. The first-order chi connectivity index (χ1) is 17.4. The molecule has 1 aliphatic rings. The molecule has 0 spiro atoms. The van der Waals surface area contributed by atoms with Crippen LogP contribution in [0.25, 0.3) is 0 Å². The lowest BCUT2D eigenvalue weighted by atomic mass is 9.71. The van der Waals surface area contributed by atoms with Crippen LogP contribution in [0.15, 0.2) is 66.3 Å². The maximum absolute atomic E-state index is 11.9. The largest absolute Gasteiger partial charge is 0.494 e. The SMILES string of the molecule is CC(C)(C)OC(=O)COC/C=C1\CCCCC1(C)/C=C/C=C/C(O)C(C)(C)CCCOc1ccccc1. The molecule has 5 heteroatoms. The third-order valence-corrected chi connectivity index (χ3v) is 6.86. The number of hydrogen-bond donors (Lipinski definition) is 1. The van der Waals surface area contributed by atoms with Gasteiger partial charge in [0.25, 0.3) is 0 Å². The number of aliphatic hydroxyl groups excluding tert-OH is 1. The summed E-state index contributed by atoms with van der Waals surface area (Å²) in [5, 5.41) is 10.8. The Morgan fingerprint density at radius 3 is 2.54 bits per heavy atom. The molecule has 5 nitrogen and oxygen atoms in total. The fraction of sp³-hybridized carbons (Fsp3) is 0.594. The lowest BCUT2D eigenvalue weighted by Gasteiger charge is -2.34. The van der Waals surface area contributed by atoms with E-state index >= 15 is 0 Å². The number of para-hydroxylation sites is 1. The molecule has 2 rings (SSSR count). The number of benzene rings is 1. The Hall–Kier alpha value is -2.37. The molecule has 0 saturated heterocycles.